The molecule has 6 heteroatoms. The molecule has 0 heterocycles. The van der Waals surface area contributed by atoms with Crippen LogP contribution in [0.4, 0.5) is 0 Å². The van der Waals surface area contributed by atoms with E-state index in [0.717, 1.165) is 0 Å². The minimum atomic E-state index is -3.92. The lowest BCUT2D eigenvalue weighted by molar-refractivity contribution is 0.232. The van der Waals surface area contributed by atoms with Gasteiger partial charge in [-0.15, -0.1) is 0 Å². The average molecular weight is 288 g/mol. The Morgan fingerprint density at radius 2 is 1.89 bits per heavy atom. The van der Waals surface area contributed by atoms with Crippen molar-refractivity contribution in [3.63, 3.8) is 0 Å². The van der Waals surface area contributed by atoms with E-state index in [1.807, 2.05) is 19.9 Å². The molecule has 0 unspecified atom stereocenters. The third-order valence-corrected chi connectivity index (χ3v) is 3.76. The summed E-state index contributed by atoms with van der Waals surface area (Å²) in [5.74, 6) is 0.176. The molecular formula is C12H14ClNO3S. The van der Waals surface area contributed by atoms with Crippen molar-refractivity contribution >= 4 is 21.7 Å². The van der Waals surface area contributed by atoms with Crippen molar-refractivity contribution in [1.82, 2.24) is 0 Å². The first-order valence-electron chi connectivity index (χ1n) is 5.43. The molecular weight excluding hydrogens is 274 g/mol. The fourth-order valence-corrected chi connectivity index (χ4v) is 2.49. The minimum absolute atomic E-state index is 0.00379. The van der Waals surface area contributed by atoms with Crippen molar-refractivity contribution in [3.8, 4) is 6.07 Å². The number of nitriles is 1. The van der Waals surface area contributed by atoms with E-state index in [1.54, 1.807) is 0 Å². The Bertz CT molecular complexity index is 531. The van der Waals surface area contributed by atoms with Crippen molar-refractivity contribution in [2.45, 2.75) is 31.3 Å². The zero-order valence-corrected chi connectivity index (χ0v) is 11.7. The smallest absolute Gasteiger partial charge is 0.248 e. The average Bonchev–Trinajstić information content (AvgIpc) is 2.27. The zero-order valence-electron chi connectivity index (χ0n) is 10.1. The monoisotopic (exact) mass is 287 g/mol. The van der Waals surface area contributed by atoms with Gasteiger partial charge in [-0.2, -0.15) is 13.7 Å². The SMILES string of the molecule is CC(C)C[C@@H](C#N)OS(=O)(=O)c1ccc(Cl)cc1. The Morgan fingerprint density at radius 3 is 2.33 bits per heavy atom. The molecule has 98 valence electrons. The van der Waals surface area contributed by atoms with Crippen LogP contribution < -0.4 is 0 Å². The van der Waals surface area contributed by atoms with Gasteiger partial charge in [0.1, 0.15) is 0 Å². The summed E-state index contributed by atoms with van der Waals surface area (Å²) in [6.07, 6.45) is -0.603. The Labute approximate surface area is 112 Å². The number of hydrogen-bond acceptors (Lipinski definition) is 4. The molecule has 0 saturated carbocycles. The number of nitrogens with zero attached hydrogens (tertiary/aromatic N) is 1. The van der Waals surface area contributed by atoms with Crippen LogP contribution >= 0.6 is 11.6 Å². The largest absolute Gasteiger partial charge is 0.298 e. The van der Waals surface area contributed by atoms with Crippen molar-refractivity contribution in [2.75, 3.05) is 0 Å². The summed E-state index contributed by atoms with van der Waals surface area (Å²) >= 11 is 5.68. The van der Waals surface area contributed by atoms with Gasteiger partial charge in [-0.25, -0.2) is 4.18 Å². The van der Waals surface area contributed by atoms with Crippen LogP contribution in [0.1, 0.15) is 20.3 Å². The number of benzene rings is 1. The van der Waals surface area contributed by atoms with Crippen LogP contribution in [0.15, 0.2) is 29.2 Å². The number of halogens is 1. The highest BCUT2D eigenvalue weighted by molar-refractivity contribution is 7.86. The van der Waals surface area contributed by atoms with E-state index in [-0.39, 0.29) is 10.8 Å². The summed E-state index contributed by atoms with van der Waals surface area (Å²) in [6, 6.07) is 7.46. The molecule has 0 radical (unpaired) electrons. The Morgan fingerprint density at radius 1 is 1.33 bits per heavy atom. The Balaban J connectivity index is 2.88. The van der Waals surface area contributed by atoms with E-state index in [4.69, 9.17) is 21.0 Å². The molecule has 0 amide bonds. The van der Waals surface area contributed by atoms with Crippen LogP contribution in [0, 0.1) is 17.2 Å². The van der Waals surface area contributed by atoms with Crippen LogP contribution in [0.3, 0.4) is 0 Å². The van der Waals surface area contributed by atoms with E-state index in [9.17, 15) is 8.42 Å². The first-order chi connectivity index (χ1) is 8.35. The predicted molar refractivity (Wildman–Crippen MR) is 68.6 cm³/mol. The normalized spacial score (nSPS) is 13.3. The minimum Gasteiger partial charge on any atom is -0.248 e. The van der Waals surface area contributed by atoms with Gasteiger partial charge in [-0.1, -0.05) is 25.4 Å². The lowest BCUT2D eigenvalue weighted by atomic mass is 10.1. The molecule has 0 aliphatic rings. The van der Waals surface area contributed by atoms with Gasteiger partial charge < -0.3 is 0 Å². The van der Waals surface area contributed by atoms with Crippen LogP contribution in [0.2, 0.25) is 5.02 Å². The quantitative estimate of drug-likeness (QED) is 0.781. The van der Waals surface area contributed by atoms with Crippen molar-refractivity contribution in [2.24, 2.45) is 5.92 Å². The van der Waals surface area contributed by atoms with Crippen molar-refractivity contribution in [3.05, 3.63) is 29.3 Å². The second kappa shape index (κ2) is 6.19. The summed E-state index contributed by atoms with van der Waals surface area (Å²) < 4.78 is 28.6. The summed E-state index contributed by atoms with van der Waals surface area (Å²) in [7, 11) is -3.92. The molecule has 0 saturated heterocycles. The molecule has 0 bridgehead atoms. The highest BCUT2D eigenvalue weighted by Gasteiger charge is 2.22. The van der Waals surface area contributed by atoms with Crippen molar-refractivity contribution in [1.29, 1.82) is 5.26 Å². The molecule has 1 aromatic carbocycles. The molecule has 1 aromatic rings. The highest BCUT2D eigenvalue weighted by Crippen LogP contribution is 2.19. The number of rotatable bonds is 5. The molecule has 0 spiro atoms. The summed E-state index contributed by atoms with van der Waals surface area (Å²) in [4.78, 5) is -0.00379. The lowest BCUT2D eigenvalue weighted by Gasteiger charge is -2.12. The molecule has 0 aromatic heterocycles. The van der Waals surface area contributed by atoms with Gasteiger partial charge in [0.15, 0.2) is 6.10 Å². The van der Waals surface area contributed by atoms with E-state index in [1.165, 1.54) is 24.3 Å². The van der Waals surface area contributed by atoms with Crippen LogP contribution in [-0.2, 0) is 14.3 Å². The van der Waals surface area contributed by atoms with Crippen LogP contribution in [0.25, 0.3) is 0 Å². The first-order valence-corrected chi connectivity index (χ1v) is 7.22. The fraction of sp³-hybridized carbons (Fsp3) is 0.417. The maximum atomic E-state index is 11.9. The van der Waals surface area contributed by atoms with E-state index in [0.29, 0.717) is 11.4 Å². The predicted octanol–water partition coefficient (Wildman–Crippen LogP) is 2.98. The third kappa shape index (κ3) is 4.30. The van der Waals surface area contributed by atoms with Gasteiger partial charge in [-0.3, -0.25) is 0 Å². The molecule has 0 aliphatic heterocycles. The van der Waals surface area contributed by atoms with Crippen LogP contribution in [0.5, 0.6) is 0 Å². The molecule has 18 heavy (non-hydrogen) atoms. The third-order valence-electron chi connectivity index (χ3n) is 2.17. The maximum Gasteiger partial charge on any atom is 0.298 e. The summed E-state index contributed by atoms with van der Waals surface area (Å²) in [5, 5.41) is 9.31. The van der Waals surface area contributed by atoms with Gasteiger partial charge >= 0.3 is 0 Å². The second-order valence-electron chi connectivity index (χ2n) is 4.25. The Hall–Kier alpha value is -1.09. The van der Waals surface area contributed by atoms with E-state index < -0.39 is 16.2 Å². The molecule has 4 nitrogen and oxygen atoms in total. The molecule has 0 aliphatic carbocycles. The lowest BCUT2D eigenvalue weighted by Crippen LogP contribution is -2.18. The second-order valence-corrected chi connectivity index (χ2v) is 6.26. The molecule has 0 N–H and O–H groups in total. The topological polar surface area (TPSA) is 67.2 Å². The standard InChI is InChI=1S/C12H14ClNO3S/c1-9(2)7-11(8-14)17-18(15,16)12-5-3-10(13)4-6-12/h3-6,9,11H,7H2,1-2H3/t11-/m0/s1. The van der Waals surface area contributed by atoms with Gasteiger partial charge in [-0.05, 0) is 36.6 Å². The van der Waals surface area contributed by atoms with Gasteiger partial charge in [0.25, 0.3) is 10.1 Å². The van der Waals surface area contributed by atoms with E-state index >= 15 is 0 Å². The molecule has 0 fully saturated rings. The maximum absolute atomic E-state index is 11.9. The van der Waals surface area contributed by atoms with Gasteiger partial charge in [0.2, 0.25) is 0 Å². The first kappa shape index (κ1) is 15.0. The Kier molecular flexibility index (Phi) is 5.15. The van der Waals surface area contributed by atoms with Gasteiger partial charge in [0, 0.05) is 5.02 Å². The van der Waals surface area contributed by atoms with Crippen molar-refractivity contribution < 1.29 is 12.6 Å². The molecule has 1 rings (SSSR count). The highest BCUT2D eigenvalue weighted by atomic mass is 35.5. The van der Waals surface area contributed by atoms with Gasteiger partial charge in [0.05, 0.1) is 11.0 Å². The zero-order chi connectivity index (χ0) is 13.8. The summed E-state index contributed by atoms with van der Waals surface area (Å²) in [5.41, 5.74) is 0. The van der Waals surface area contributed by atoms with Crippen LogP contribution in [-0.4, -0.2) is 14.5 Å². The van der Waals surface area contributed by atoms with E-state index in [2.05, 4.69) is 0 Å². The fourth-order valence-electron chi connectivity index (χ4n) is 1.35. The molecule has 1 atom stereocenters. The summed E-state index contributed by atoms with van der Waals surface area (Å²) in [6.45, 7) is 3.78. The number of hydrogen-bond donors (Lipinski definition) is 0.